The second-order valence-electron chi connectivity index (χ2n) is 7.27. The van der Waals surface area contributed by atoms with Crippen LogP contribution in [0.2, 0.25) is 0 Å². The molecule has 2 aromatic carbocycles. The van der Waals surface area contributed by atoms with E-state index in [9.17, 15) is 4.79 Å². The predicted molar refractivity (Wildman–Crippen MR) is 102 cm³/mol. The van der Waals surface area contributed by atoms with Crippen molar-refractivity contribution < 1.29 is 4.79 Å². The van der Waals surface area contributed by atoms with Crippen molar-refractivity contribution in [3.63, 3.8) is 0 Å². The maximum Gasteiger partial charge on any atom is 0.230 e. The Morgan fingerprint density at radius 2 is 1.92 bits per heavy atom. The van der Waals surface area contributed by atoms with Crippen LogP contribution in [0.5, 0.6) is 0 Å². The zero-order valence-electron chi connectivity index (χ0n) is 14.7. The van der Waals surface area contributed by atoms with Gasteiger partial charge in [-0.1, -0.05) is 36.3 Å². The van der Waals surface area contributed by atoms with Gasteiger partial charge in [-0.05, 0) is 67.9 Å². The van der Waals surface area contributed by atoms with Crippen LogP contribution in [0.25, 0.3) is 0 Å². The van der Waals surface area contributed by atoms with Crippen LogP contribution >= 0.6 is 0 Å². The summed E-state index contributed by atoms with van der Waals surface area (Å²) in [6.45, 7) is 2.16. The summed E-state index contributed by atoms with van der Waals surface area (Å²) in [5.74, 6) is 3.39. The molecule has 2 aromatic rings. The number of benzene rings is 2. The van der Waals surface area contributed by atoms with Crippen LogP contribution < -0.4 is 4.90 Å². The van der Waals surface area contributed by atoms with E-state index in [0.29, 0.717) is 5.91 Å². The molecule has 0 N–H and O–H groups in total. The molecule has 1 fully saturated rings. The molecule has 1 saturated carbocycles. The minimum absolute atomic E-state index is 0.235. The summed E-state index contributed by atoms with van der Waals surface area (Å²) in [6, 6.07) is 14.8. The standard InChI is InChI=1S/C23H23NO/c1-3-18-12-14-22-20(21(18)15-17-7-5-4-6-8-17)13-9-16(2)24(22)23(25)19-10-11-19/h1,4-8,12,14,16,19H,9-11,13,15H2,2H3. The van der Waals surface area contributed by atoms with Crippen LogP contribution in [0.15, 0.2) is 42.5 Å². The van der Waals surface area contributed by atoms with Gasteiger partial charge in [0, 0.05) is 23.2 Å². The average Bonchev–Trinajstić information content (AvgIpc) is 3.47. The summed E-state index contributed by atoms with van der Waals surface area (Å²) in [7, 11) is 0. The Morgan fingerprint density at radius 1 is 1.16 bits per heavy atom. The maximum absolute atomic E-state index is 12.8. The molecule has 2 heteroatoms. The number of rotatable bonds is 3. The van der Waals surface area contributed by atoms with Crippen LogP contribution in [0.1, 0.15) is 48.4 Å². The molecule has 1 aliphatic carbocycles. The Hall–Kier alpha value is -2.53. The number of nitrogens with zero attached hydrogens (tertiary/aromatic N) is 1. The first kappa shape index (κ1) is 16.0. The highest BCUT2D eigenvalue weighted by Crippen LogP contribution is 2.40. The summed E-state index contributed by atoms with van der Waals surface area (Å²) in [4.78, 5) is 14.9. The van der Waals surface area contributed by atoms with Crippen molar-refractivity contribution in [2.45, 2.75) is 45.1 Å². The molecule has 1 atom stereocenters. The molecule has 0 bridgehead atoms. The lowest BCUT2D eigenvalue weighted by atomic mass is 9.87. The number of fused-ring (bicyclic) bond motifs is 1. The Morgan fingerprint density at radius 3 is 2.60 bits per heavy atom. The summed E-state index contributed by atoms with van der Waals surface area (Å²) in [5, 5.41) is 0. The molecule has 4 rings (SSSR count). The summed E-state index contributed by atoms with van der Waals surface area (Å²) in [6.07, 6.45) is 10.7. The molecule has 1 unspecified atom stereocenters. The lowest BCUT2D eigenvalue weighted by molar-refractivity contribution is -0.120. The van der Waals surface area contributed by atoms with Gasteiger partial charge in [-0.2, -0.15) is 0 Å². The monoisotopic (exact) mass is 329 g/mol. The van der Waals surface area contributed by atoms with Crippen LogP contribution in [-0.4, -0.2) is 11.9 Å². The Balaban J connectivity index is 1.79. The van der Waals surface area contributed by atoms with E-state index in [2.05, 4.69) is 43.2 Å². The van der Waals surface area contributed by atoms with E-state index >= 15 is 0 Å². The minimum atomic E-state index is 0.235. The molecule has 1 aliphatic heterocycles. The van der Waals surface area contributed by atoms with E-state index in [1.165, 1.54) is 16.7 Å². The van der Waals surface area contributed by atoms with Crippen molar-refractivity contribution in [3.8, 4) is 12.3 Å². The van der Waals surface area contributed by atoms with Gasteiger partial charge in [-0.25, -0.2) is 0 Å². The maximum atomic E-state index is 12.8. The number of carbonyl (C=O) groups is 1. The average molecular weight is 329 g/mol. The minimum Gasteiger partial charge on any atom is -0.309 e. The third-order valence-corrected chi connectivity index (χ3v) is 5.46. The zero-order chi connectivity index (χ0) is 17.4. The van der Waals surface area contributed by atoms with Crippen molar-refractivity contribution >= 4 is 11.6 Å². The number of carbonyl (C=O) groups excluding carboxylic acids is 1. The summed E-state index contributed by atoms with van der Waals surface area (Å²) >= 11 is 0. The second-order valence-corrected chi connectivity index (χ2v) is 7.27. The molecule has 25 heavy (non-hydrogen) atoms. The Labute approximate surface area is 149 Å². The van der Waals surface area contributed by atoms with Crippen LogP contribution in [-0.2, 0) is 17.6 Å². The van der Waals surface area contributed by atoms with Gasteiger partial charge in [-0.15, -0.1) is 6.42 Å². The van der Waals surface area contributed by atoms with Gasteiger partial charge < -0.3 is 4.90 Å². The normalized spacial score (nSPS) is 19.2. The molecule has 0 spiro atoms. The van der Waals surface area contributed by atoms with Gasteiger partial charge in [0.2, 0.25) is 5.91 Å². The largest absolute Gasteiger partial charge is 0.309 e. The molecule has 126 valence electrons. The predicted octanol–water partition coefficient (Wildman–Crippen LogP) is 4.34. The van der Waals surface area contributed by atoms with Crippen molar-refractivity contribution in [1.29, 1.82) is 0 Å². The van der Waals surface area contributed by atoms with Gasteiger partial charge in [0.05, 0.1) is 0 Å². The SMILES string of the molecule is C#Cc1ccc2c(c1Cc1ccccc1)CCC(C)N2C(=O)C1CC1. The molecule has 1 amide bonds. The van der Waals surface area contributed by atoms with Gasteiger partial charge in [0.25, 0.3) is 0 Å². The van der Waals surface area contributed by atoms with E-state index in [1.54, 1.807) is 0 Å². The number of hydrogen-bond donors (Lipinski definition) is 0. The van der Waals surface area contributed by atoms with E-state index in [1.807, 2.05) is 17.0 Å². The third-order valence-electron chi connectivity index (χ3n) is 5.46. The highest BCUT2D eigenvalue weighted by molar-refractivity contribution is 5.98. The molecular formula is C23H23NO. The van der Waals surface area contributed by atoms with Gasteiger partial charge in [-0.3, -0.25) is 4.79 Å². The van der Waals surface area contributed by atoms with E-state index in [4.69, 9.17) is 6.42 Å². The zero-order valence-corrected chi connectivity index (χ0v) is 14.7. The molecule has 0 radical (unpaired) electrons. The lowest BCUT2D eigenvalue weighted by Crippen LogP contribution is -2.43. The van der Waals surface area contributed by atoms with E-state index in [-0.39, 0.29) is 12.0 Å². The molecule has 2 aliphatic rings. The van der Waals surface area contributed by atoms with E-state index < -0.39 is 0 Å². The fourth-order valence-corrected chi connectivity index (χ4v) is 3.91. The fraction of sp³-hybridized carbons (Fsp3) is 0.348. The molecular weight excluding hydrogens is 306 g/mol. The van der Waals surface area contributed by atoms with E-state index in [0.717, 1.165) is 43.4 Å². The van der Waals surface area contributed by atoms with Crippen molar-refractivity contribution in [3.05, 3.63) is 64.7 Å². The number of amides is 1. The summed E-state index contributed by atoms with van der Waals surface area (Å²) in [5.41, 5.74) is 5.78. The fourth-order valence-electron chi connectivity index (χ4n) is 3.91. The first-order chi connectivity index (χ1) is 12.2. The Kier molecular flexibility index (Phi) is 4.09. The number of terminal acetylenes is 1. The lowest BCUT2D eigenvalue weighted by Gasteiger charge is -2.37. The number of hydrogen-bond acceptors (Lipinski definition) is 1. The second kappa shape index (κ2) is 6.41. The molecule has 0 saturated heterocycles. The van der Waals surface area contributed by atoms with Gasteiger partial charge in [0.1, 0.15) is 0 Å². The highest BCUT2D eigenvalue weighted by atomic mass is 16.2. The van der Waals surface area contributed by atoms with Crippen LogP contribution in [0, 0.1) is 18.3 Å². The van der Waals surface area contributed by atoms with Gasteiger partial charge >= 0.3 is 0 Å². The quantitative estimate of drug-likeness (QED) is 0.767. The Bertz CT molecular complexity index is 842. The first-order valence-corrected chi connectivity index (χ1v) is 9.17. The number of anilines is 1. The third kappa shape index (κ3) is 2.96. The molecule has 2 nitrogen and oxygen atoms in total. The van der Waals surface area contributed by atoms with Crippen LogP contribution in [0.4, 0.5) is 5.69 Å². The smallest absolute Gasteiger partial charge is 0.230 e. The van der Waals surface area contributed by atoms with Crippen molar-refractivity contribution in [2.24, 2.45) is 5.92 Å². The highest BCUT2D eigenvalue weighted by Gasteiger charge is 2.38. The molecule has 0 aromatic heterocycles. The summed E-state index contributed by atoms with van der Waals surface area (Å²) < 4.78 is 0. The van der Waals surface area contributed by atoms with Crippen molar-refractivity contribution in [2.75, 3.05) is 4.90 Å². The first-order valence-electron chi connectivity index (χ1n) is 9.17. The molecule has 1 heterocycles. The van der Waals surface area contributed by atoms with Gasteiger partial charge in [0.15, 0.2) is 0 Å². The topological polar surface area (TPSA) is 20.3 Å². The van der Waals surface area contributed by atoms with Crippen molar-refractivity contribution in [1.82, 2.24) is 0 Å². The van der Waals surface area contributed by atoms with Crippen LogP contribution in [0.3, 0.4) is 0 Å².